The van der Waals surface area contributed by atoms with E-state index in [0.717, 1.165) is 31.8 Å². The number of amides is 2. The van der Waals surface area contributed by atoms with Crippen LogP contribution in [0.3, 0.4) is 0 Å². The number of benzene rings is 2. The van der Waals surface area contributed by atoms with Gasteiger partial charge in [-0.2, -0.15) is 0 Å². The molecule has 2 N–H and O–H groups in total. The van der Waals surface area contributed by atoms with Gasteiger partial charge in [0.15, 0.2) is 0 Å². The van der Waals surface area contributed by atoms with Crippen LogP contribution in [0.2, 0.25) is 0 Å². The lowest BCUT2D eigenvalue weighted by atomic mass is 9.94. The summed E-state index contributed by atoms with van der Waals surface area (Å²) in [4.78, 5) is 29.8. The van der Waals surface area contributed by atoms with Gasteiger partial charge in [-0.3, -0.25) is 14.3 Å². The standard InChI is InChI=1S/C29H37FN4O6S/c1-33-25-10-9-22(18-28(35)31-12-15-34-13-3-2-4-14-34)40-27(25)19-39-26-11-8-21(17-24(26)29(33)36)32-41(37,38)23-7-5-6-20(30)16-23/h5-8,11,16-17,22,25,27,32H,2-4,9-10,12-15,18-19H2,1H3,(H,31,35)/t22-,25+,27-/m1/s1. The van der Waals surface area contributed by atoms with Crippen molar-refractivity contribution in [1.82, 2.24) is 15.1 Å². The summed E-state index contributed by atoms with van der Waals surface area (Å²) >= 11 is 0. The smallest absolute Gasteiger partial charge is 0.261 e. The first-order chi connectivity index (χ1) is 19.7. The van der Waals surface area contributed by atoms with Crippen LogP contribution in [0.25, 0.3) is 0 Å². The number of anilines is 1. The zero-order valence-corrected chi connectivity index (χ0v) is 24.0. The van der Waals surface area contributed by atoms with Crippen molar-refractivity contribution < 1.29 is 31.9 Å². The normalized spacial score (nSPS) is 23.4. The lowest BCUT2D eigenvalue weighted by molar-refractivity contribution is -0.134. The van der Waals surface area contributed by atoms with Gasteiger partial charge >= 0.3 is 0 Å². The van der Waals surface area contributed by atoms with E-state index in [4.69, 9.17) is 9.47 Å². The summed E-state index contributed by atoms with van der Waals surface area (Å²) in [6.07, 6.45) is 4.55. The van der Waals surface area contributed by atoms with Gasteiger partial charge in [0.25, 0.3) is 15.9 Å². The highest BCUT2D eigenvalue weighted by Crippen LogP contribution is 2.33. The molecule has 0 unspecified atom stereocenters. The van der Waals surface area contributed by atoms with Gasteiger partial charge in [0.1, 0.15) is 24.3 Å². The number of ether oxygens (including phenoxy) is 2. The third-order valence-electron chi connectivity index (χ3n) is 7.98. The van der Waals surface area contributed by atoms with E-state index in [-0.39, 0.29) is 53.1 Å². The van der Waals surface area contributed by atoms with Gasteiger partial charge in [-0.1, -0.05) is 12.5 Å². The maximum absolute atomic E-state index is 13.6. The van der Waals surface area contributed by atoms with E-state index in [0.29, 0.717) is 25.1 Å². The second kappa shape index (κ2) is 12.7. The fourth-order valence-electron chi connectivity index (χ4n) is 5.75. The van der Waals surface area contributed by atoms with Crippen LogP contribution in [0, 0.1) is 5.82 Å². The van der Waals surface area contributed by atoms with Gasteiger partial charge < -0.3 is 24.6 Å². The summed E-state index contributed by atoms with van der Waals surface area (Å²) < 4.78 is 53.8. The molecule has 2 fully saturated rings. The fraction of sp³-hybridized carbons (Fsp3) is 0.517. The molecule has 10 nitrogen and oxygen atoms in total. The second-order valence-corrected chi connectivity index (χ2v) is 12.6. The van der Waals surface area contributed by atoms with Crippen molar-refractivity contribution in [3.8, 4) is 5.75 Å². The average molecular weight is 589 g/mol. The van der Waals surface area contributed by atoms with Crippen molar-refractivity contribution in [2.45, 2.75) is 61.7 Å². The Kier molecular flexibility index (Phi) is 9.10. The number of rotatable bonds is 8. The molecular weight excluding hydrogens is 551 g/mol. The predicted molar refractivity (Wildman–Crippen MR) is 151 cm³/mol. The molecule has 3 aliphatic heterocycles. The Hall–Kier alpha value is -3.22. The topological polar surface area (TPSA) is 117 Å². The molecule has 0 aromatic heterocycles. The van der Waals surface area contributed by atoms with Crippen LogP contribution in [-0.2, 0) is 19.6 Å². The van der Waals surface area contributed by atoms with Gasteiger partial charge in [0, 0.05) is 25.8 Å². The summed E-state index contributed by atoms with van der Waals surface area (Å²) in [6.45, 7) is 3.83. The Morgan fingerprint density at radius 1 is 1.10 bits per heavy atom. The summed E-state index contributed by atoms with van der Waals surface area (Å²) in [6, 6.07) is 8.86. The van der Waals surface area contributed by atoms with E-state index in [2.05, 4.69) is 14.9 Å². The summed E-state index contributed by atoms with van der Waals surface area (Å²) in [5.41, 5.74) is 0.363. The predicted octanol–water partition coefficient (Wildman–Crippen LogP) is 3.00. The second-order valence-electron chi connectivity index (χ2n) is 10.9. The number of hydrogen-bond acceptors (Lipinski definition) is 7. The third kappa shape index (κ3) is 7.17. The number of nitrogens with zero attached hydrogens (tertiary/aromatic N) is 2. The minimum Gasteiger partial charge on any atom is -0.490 e. The van der Waals surface area contributed by atoms with Crippen molar-refractivity contribution >= 4 is 27.5 Å². The van der Waals surface area contributed by atoms with Crippen LogP contribution in [0.15, 0.2) is 47.4 Å². The monoisotopic (exact) mass is 588 g/mol. The number of sulfonamides is 1. The van der Waals surface area contributed by atoms with Crippen LogP contribution >= 0.6 is 0 Å². The average Bonchev–Trinajstić information content (AvgIpc) is 2.95. The van der Waals surface area contributed by atoms with Gasteiger partial charge in [-0.25, -0.2) is 12.8 Å². The molecule has 3 heterocycles. The number of carbonyl (C=O) groups is 2. The Bertz CT molecular complexity index is 1370. The molecule has 2 amide bonds. The molecule has 5 rings (SSSR count). The van der Waals surface area contributed by atoms with Crippen molar-refractivity contribution in [1.29, 1.82) is 0 Å². The maximum Gasteiger partial charge on any atom is 0.261 e. The number of likely N-dealkylation sites (tertiary alicyclic amines) is 1. The van der Waals surface area contributed by atoms with E-state index < -0.39 is 21.9 Å². The molecule has 3 atom stereocenters. The maximum atomic E-state index is 13.6. The summed E-state index contributed by atoms with van der Waals surface area (Å²) in [7, 11) is -2.38. The molecule has 0 aliphatic carbocycles. The molecule has 2 saturated heterocycles. The number of likely N-dealkylation sites (N-methyl/N-ethyl adjacent to an activating group) is 1. The Morgan fingerprint density at radius 3 is 2.68 bits per heavy atom. The first-order valence-corrected chi connectivity index (χ1v) is 15.6. The summed E-state index contributed by atoms with van der Waals surface area (Å²) in [5.74, 6) is -0.745. The summed E-state index contributed by atoms with van der Waals surface area (Å²) in [5, 5.41) is 3.01. The first-order valence-electron chi connectivity index (χ1n) is 14.2. The number of fused-ring (bicyclic) bond motifs is 2. The Labute approximate surface area is 240 Å². The number of hydrogen-bond donors (Lipinski definition) is 2. The molecule has 0 radical (unpaired) electrons. The Morgan fingerprint density at radius 2 is 1.90 bits per heavy atom. The molecule has 12 heteroatoms. The lowest BCUT2D eigenvalue weighted by Gasteiger charge is -2.42. The minimum atomic E-state index is -4.07. The minimum absolute atomic E-state index is 0.0415. The largest absolute Gasteiger partial charge is 0.490 e. The quantitative estimate of drug-likeness (QED) is 0.487. The molecular formula is C29H37FN4O6S. The van der Waals surface area contributed by atoms with Gasteiger partial charge in [0.2, 0.25) is 5.91 Å². The van der Waals surface area contributed by atoms with Gasteiger partial charge in [-0.05, 0) is 75.2 Å². The van der Waals surface area contributed by atoms with Crippen LogP contribution in [-0.4, -0.2) is 88.1 Å². The highest BCUT2D eigenvalue weighted by atomic mass is 32.2. The molecule has 3 aliphatic rings. The van der Waals surface area contributed by atoms with E-state index in [1.807, 2.05) is 0 Å². The molecule has 2 aromatic carbocycles. The Balaban J connectivity index is 1.20. The fourth-order valence-corrected chi connectivity index (χ4v) is 6.84. The van der Waals surface area contributed by atoms with Crippen molar-refractivity contribution in [2.24, 2.45) is 0 Å². The highest BCUT2D eigenvalue weighted by molar-refractivity contribution is 7.92. The molecule has 2 aromatic rings. The third-order valence-corrected chi connectivity index (χ3v) is 9.36. The molecule has 0 bridgehead atoms. The van der Waals surface area contributed by atoms with E-state index >= 15 is 0 Å². The zero-order chi connectivity index (χ0) is 29.0. The number of nitrogens with one attached hydrogen (secondary N) is 2. The van der Waals surface area contributed by atoms with Crippen molar-refractivity contribution in [3.63, 3.8) is 0 Å². The lowest BCUT2D eigenvalue weighted by Crippen LogP contribution is -2.54. The van der Waals surface area contributed by atoms with Gasteiger partial charge in [-0.15, -0.1) is 0 Å². The van der Waals surface area contributed by atoms with E-state index in [1.54, 1.807) is 11.9 Å². The van der Waals surface area contributed by atoms with Crippen LogP contribution in [0.4, 0.5) is 10.1 Å². The van der Waals surface area contributed by atoms with Crippen molar-refractivity contribution in [3.05, 3.63) is 53.8 Å². The molecule has 222 valence electrons. The molecule has 0 spiro atoms. The van der Waals surface area contributed by atoms with Gasteiger partial charge in [0.05, 0.1) is 29.0 Å². The van der Waals surface area contributed by atoms with Crippen molar-refractivity contribution in [2.75, 3.05) is 44.6 Å². The highest BCUT2D eigenvalue weighted by Gasteiger charge is 2.39. The number of piperidine rings is 1. The molecule has 41 heavy (non-hydrogen) atoms. The zero-order valence-electron chi connectivity index (χ0n) is 23.2. The van der Waals surface area contributed by atoms with Crippen LogP contribution < -0.4 is 14.8 Å². The van der Waals surface area contributed by atoms with E-state index in [1.165, 1.54) is 49.6 Å². The van der Waals surface area contributed by atoms with E-state index in [9.17, 15) is 22.4 Å². The number of halogens is 1. The van der Waals surface area contributed by atoms with Crippen LogP contribution in [0.5, 0.6) is 5.75 Å². The number of carbonyl (C=O) groups excluding carboxylic acids is 2. The first kappa shape index (κ1) is 29.3. The van der Waals surface area contributed by atoms with Crippen LogP contribution in [0.1, 0.15) is 48.9 Å². The SMILES string of the molecule is CN1C(=O)c2cc(NS(=O)(=O)c3cccc(F)c3)ccc2OC[C@H]2O[C@@H](CC(=O)NCCN3CCCCC3)CC[C@@H]21. The molecule has 0 saturated carbocycles.